The van der Waals surface area contributed by atoms with E-state index in [1.165, 1.54) is 6.33 Å². The number of hydrogen-bond donors (Lipinski definition) is 5. The number of halogens is 1. The lowest BCUT2D eigenvalue weighted by Crippen LogP contribution is -2.20. The average molecular weight is 661 g/mol. The van der Waals surface area contributed by atoms with Crippen LogP contribution >= 0.6 is 26.3 Å². The predicted molar refractivity (Wildman–Crippen MR) is 160 cm³/mol. The van der Waals surface area contributed by atoms with Gasteiger partial charge in [-0.15, -0.1) is 0 Å². The molecule has 2 fully saturated rings. The van der Waals surface area contributed by atoms with Crippen LogP contribution in [0, 0.1) is 0 Å². The molecule has 0 saturated carbocycles. The van der Waals surface area contributed by atoms with Gasteiger partial charge in [-0.2, -0.15) is 19.9 Å². The summed E-state index contributed by atoms with van der Waals surface area (Å²) in [4.78, 5) is 44.3. The van der Waals surface area contributed by atoms with Gasteiger partial charge in [0.25, 0.3) is 0 Å². The zero-order valence-corrected chi connectivity index (χ0v) is 26.3. The first-order valence-corrected chi connectivity index (χ1v) is 17.6. The van der Waals surface area contributed by atoms with Crippen LogP contribution in [0.5, 0.6) is 0 Å². The number of nitrogens with two attached hydrogens (primary N) is 3. The SMILES string of the molecule is CP(C)(=O)[C@@H]1CC[C@@H](Cn2cnc3c(Cl)nc(N)nc32)O1.Nc1nc(N)c2ncn(C[C@@H]3CCC(P(=O)([O-])O)O3)c2n1.[NH4+]. The molecule has 0 radical (unpaired) electrons. The summed E-state index contributed by atoms with van der Waals surface area (Å²) in [6.45, 7) is 4.45. The molecule has 236 valence electrons. The number of fused-ring (bicyclic) bond motifs is 2. The maximum atomic E-state index is 12.1. The Balaban J connectivity index is 0.000000192. The minimum absolute atomic E-state index is 0. The van der Waals surface area contributed by atoms with Gasteiger partial charge in [0.15, 0.2) is 29.9 Å². The van der Waals surface area contributed by atoms with Crippen molar-refractivity contribution in [3.8, 4) is 0 Å². The molecule has 43 heavy (non-hydrogen) atoms. The first kappa shape index (κ1) is 33.0. The van der Waals surface area contributed by atoms with Gasteiger partial charge in [0.05, 0.1) is 38.0 Å². The third kappa shape index (κ3) is 7.41. The molecule has 11 N–H and O–H groups in total. The average Bonchev–Trinajstić information content (AvgIpc) is 3.67. The zero-order valence-electron chi connectivity index (χ0n) is 23.8. The van der Waals surface area contributed by atoms with Crippen LogP contribution in [0.4, 0.5) is 17.7 Å². The number of nitrogens with zero attached hydrogens (tertiary/aromatic N) is 8. The fourth-order valence-electron chi connectivity index (χ4n) is 4.95. The van der Waals surface area contributed by atoms with Crippen LogP contribution in [-0.2, 0) is 31.7 Å². The number of imidazole rings is 2. The number of aromatic nitrogens is 8. The van der Waals surface area contributed by atoms with Crippen molar-refractivity contribution in [1.82, 2.24) is 45.2 Å². The molecule has 0 spiro atoms. The number of rotatable bonds is 6. The molecular formula is C22H35ClN12O6P2. The van der Waals surface area contributed by atoms with Crippen LogP contribution in [0.3, 0.4) is 0 Å². The van der Waals surface area contributed by atoms with Crippen LogP contribution in [0.25, 0.3) is 22.3 Å². The highest BCUT2D eigenvalue weighted by Crippen LogP contribution is 2.49. The molecule has 21 heteroatoms. The van der Waals surface area contributed by atoms with Gasteiger partial charge in [0.2, 0.25) is 11.9 Å². The maximum Gasteiger partial charge on any atom is 0.224 e. The second-order valence-corrected chi connectivity index (χ2v) is 16.1. The molecule has 4 aromatic rings. The van der Waals surface area contributed by atoms with E-state index in [9.17, 15) is 14.0 Å². The molecule has 2 unspecified atom stereocenters. The van der Waals surface area contributed by atoms with Crippen molar-refractivity contribution >= 4 is 66.4 Å². The van der Waals surface area contributed by atoms with E-state index in [1.807, 2.05) is 4.57 Å². The van der Waals surface area contributed by atoms with Crippen LogP contribution in [0.1, 0.15) is 25.7 Å². The van der Waals surface area contributed by atoms with Gasteiger partial charge in [-0.25, -0.2) is 9.97 Å². The van der Waals surface area contributed by atoms with E-state index >= 15 is 0 Å². The quantitative estimate of drug-likeness (QED) is 0.145. The second kappa shape index (κ2) is 12.6. The Morgan fingerprint density at radius 1 is 0.884 bits per heavy atom. The molecular weight excluding hydrogens is 626 g/mol. The molecule has 2 aliphatic heterocycles. The summed E-state index contributed by atoms with van der Waals surface area (Å²) in [7, 11) is -6.69. The summed E-state index contributed by atoms with van der Waals surface area (Å²) in [5, 5.41) is 0.244. The van der Waals surface area contributed by atoms with Crippen molar-refractivity contribution in [3.63, 3.8) is 0 Å². The van der Waals surface area contributed by atoms with E-state index in [0.717, 1.165) is 12.8 Å². The fraction of sp³-hybridized carbons (Fsp3) is 0.545. The van der Waals surface area contributed by atoms with E-state index < -0.39 is 20.6 Å². The summed E-state index contributed by atoms with van der Waals surface area (Å²) in [6.07, 6.45) is 5.25. The first-order chi connectivity index (χ1) is 19.7. The lowest BCUT2D eigenvalue weighted by atomic mass is 10.2. The number of anilines is 3. The zero-order chi connectivity index (χ0) is 30.4. The van der Waals surface area contributed by atoms with Gasteiger partial charge >= 0.3 is 0 Å². The molecule has 18 nitrogen and oxygen atoms in total. The van der Waals surface area contributed by atoms with Crippen LogP contribution in [-0.4, -0.2) is 81.2 Å². The van der Waals surface area contributed by atoms with E-state index in [0.29, 0.717) is 41.8 Å². The Kier molecular flexibility index (Phi) is 9.64. The van der Waals surface area contributed by atoms with E-state index in [4.69, 9.17) is 43.2 Å². The lowest BCUT2D eigenvalue weighted by molar-refractivity contribution is -0.204. The number of nitrogen functional groups attached to an aromatic ring is 3. The highest BCUT2D eigenvalue weighted by Gasteiger charge is 2.34. The Morgan fingerprint density at radius 2 is 1.37 bits per heavy atom. The van der Waals surface area contributed by atoms with E-state index in [2.05, 4.69) is 29.9 Å². The molecule has 2 saturated heterocycles. The molecule has 6 heterocycles. The smallest absolute Gasteiger partial charge is 0.224 e. The van der Waals surface area contributed by atoms with Crippen molar-refractivity contribution in [2.24, 2.45) is 0 Å². The lowest BCUT2D eigenvalue weighted by Gasteiger charge is -2.23. The Bertz CT molecular complexity index is 1580. The van der Waals surface area contributed by atoms with E-state index in [1.54, 1.807) is 24.2 Å². The molecule has 6 rings (SSSR count). The number of hydrogen-bond acceptors (Lipinski definition) is 14. The van der Waals surface area contributed by atoms with E-state index in [-0.39, 0.29) is 53.5 Å². The predicted octanol–water partition coefficient (Wildman–Crippen LogP) is 1.61. The molecule has 0 bridgehead atoms. The standard InChI is InChI=1S/C12H17ClN5O2P.C10H15N6O4P.H3N/c1-21(2,19)8-4-3-7(20-8)5-18-6-15-9-10(13)16-12(14)17-11(9)18;11-8-7-9(15-10(12)14-8)16(4-13-7)3-5-1-2-6(20-5)21(17,18)19;/h6-8H,3-5H2,1-2H3,(H2,14,16,17);4-6H,1-3H2,(H2,17,18,19)(H4,11,12,14,15);1H3/t7-,8+;5-,6?;/m00./s1. The van der Waals surface area contributed by atoms with Gasteiger partial charge in [0, 0.05) is 0 Å². The Labute approximate surface area is 250 Å². The number of ether oxygens (including phenoxy) is 2. The highest BCUT2D eigenvalue weighted by molar-refractivity contribution is 7.62. The van der Waals surface area contributed by atoms with Gasteiger partial charge in [-0.05, 0) is 39.0 Å². The van der Waals surface area contributed by atoms with Gasteiger partial charge in [-0.3, -0.25) is 0 Å². The maximum absolute atomic E-state index is 12.1. The third-order valence-electron chi connectivity index (χ3n) is 6.98. The van der Waals surface area contributed by atoms with Crippen molar-refractivity contribution in [3.05, 3.63) is 17.8 Å². The highest BCUT2D eigenvalue weighted by atomic mass is 35.5. The molecule has 4 aromatic heterocycles. The van der Waals surface area contributed by atoms with Gasteiger partial charge in [-0.1, -0.05) is 11.6 Å². The van der Waals surface area contributed by atoms with Crippen molar-refractivity contribution in [2.45, 2.75) is 62.7 Å². The first-order valence-electron chi connectivity index (χ1n) is 13.0. The minimum atomic E-state index is -4.47. The van der Waals surface area contributed by atoms with Crippen LogP contribution in [0.2, 0.25) is 5.15 Å². The summed E-state index contributed by atoms with van der Waals surface area (Å²) in [5.41, 5.74) is 18.9. The van der Waals surface area contributed by atoms with Crippen LogP contribution in [0.15, 0.2) is 12.7 Å². The fourth-order valence-corrected chi connectivity index (χ4v) is 7.21. The summed E-state index contributed by atoms with van der Waals surface area (Å²) < 4.78 is 37.9. The normalized spacial score (nSPS) is 23.6. The Morgan fingerprint density at radius 3 is 1.88 bits per heavy atom. The summed E-state index contributed by atoms with van der Waals surface area (Å²) in [5.74, 6) is -0.971. The Hall–Kier alpha value is -2.95. The van der Waals surface area contributed by atoms with Crippen molar-refractivity contribution in [2.75, 3.05) is 30.5 Å². The molecule has 0 aromatic carbocycles. The second-order valence-electron chi connectivity index (χ2n) is 10.6. The summed E-state index contributed by atoms with van der Waals surface area (Å²) >= 11 is 6.00. The monoisotopic (exact) mass is 660 g/mol. The van der Waals surface area contributed by atoms with Gasteiger partial charge < -0.3 is 60.9 Å². The molecule has 2 aliphatic rings. The third-order valence-corrected chi connectivity index (χ3v) is 10.1. The molecule has 5 atom stereocenters. The number of quaternary nitrogens is 1. The van der Waals surface area contributed by atoms with Crippen molar-refractivity contribution < 1.29 is 28.4 Å². The minimum Gasteiger partial charge on any atom is -0.777 e. The topological polar surface area (TPSA) is 298 Å². The summed E-state index contributed by atoms with van der Waals surface area (Å²) in [6, 6.07) is 0. The largest absolute Gasteiger partial charge is 0.777 e. The van der Waals surface area contributed by atoms with Crippen LogP contribution < -0.4 is 28.2 Å². The van der Waals surface area contributed by atoms with Crippen molar-refractivity contribution in [1.29, 1.82) is 0 Å². The van der Waals surface area contributed by atoms with Gasteiger partial charge in [0.1, 0.15) is 29.9 Å². The molecule has 0 aliphatic carbocycles. The molecule has 0 amide bonds.